The van der Waals surface area contributed by atoms with Crippen LogP contribution < -0.4 is 25.2 Å². The second-order valence-electron chi connectivity index (χ2n) is 8.50. The summed E-state index contributed by atoms with van der Waals surface area (Å²) < 4.78 is 25.5. The van der Waals surface area contributed by atoms with Crippen LogP contribution in [0.25, 0.3) is 0 Å². The Kier molecular flexibility index (Phi) is 9.99. The van der Waals surface area contributed by atoms with E-state index >= 15 is 0 Å². The number of hydrogen-bond donors (Lipinski definition) is 2. The van der Waals surface area contributed by atoms with Crippen LogP contribution >= 0.6 is 0 Å². The molecule has 1 aromatic carbocycles. The minimum atomic E-state index is -0.289. The second-order valence-corrected chi connectivity index (χ2v) is 8.50. The smallest absolute Gasteiger partial charge is 0.263 e. The van der Waals surface area contributed by atoms with Gasteiger partial charge in [0.15, 0.2) is 18.2 Å². The van der Waals surface area contributed by atoms with E-state index in [2.05, 4.69) is 22.2 Å². The fourth-order valence-electron chi connectivity index (χ4n) is 4.34. The number of methoxy groups -OCH3 is 1. The highest BCUT2D eigenvalue weighted by Crippen LogP contribution is 2.33. The number of halogens is 1. The van der Waals surface area contributed by atoms with Gasteiger partial charge < -0.3 is 29.9 Å². The molecule has 37 heavy (non-hydrogen) atoms. The van der Waals surface area contributed by atoms with Crippen LogP contribution in [0.1, 0.15) is 31.4 Å². The van der Waals surface area contributed by atoms with Crippen LogP contribution in [-0.2, 0) is 27.2 Å². The molecule has 0 fully saturated rings. The van der Waals surface area contributed by atoms with Gasteiger partial charge in [0.2, 0.25) is 5.91 Å². The van der Waals surface area contributed by atoms with Gasteiger partial charge in [-0.15, -0.1) is 0 Å². The molecule has 0 saturated carbocycles. The van der Waals surface area contributed by atoms with E-state index in [0.29, 0.717) is 67.5 Å². The molecular formula is C27H36FN5O4. The van der Waals surface area contributed by atoms with Gasteiger partial charge >= 0.3 is 0 Å². The number of anilines is 3. The number of amides is 2. The van der Waals surface area contributed by atoms with Gasteiger partial charge in [0.25, 0.3) is 5.91 Å². The number of ether oxygens (including phenoxy) is 2. The van der Waals surface area contributed by atoms with Crippen LogP contribution in [0.4, 0.5) is 21.7 Å². The van der Waals surface area contributed by atoms with Crippen molar-refractivity contribution in [1.82, 2.24) is 10.3 Å². The quantitative estimate of drug-likeness (QED) is 0.445. The summed E-state index contributed by atoms with van der Waals surface area (Å²) in [4.78, 5) is 31.5. The van der Waals surface area contributed by atoms with E-state index in [9.17, 15) is 14.0 Å². The van der Waals surface area contributed by atoms with E-state index in [4.69, 9.17) is 9.47 Å². The highest BCUT2D eigenvalue weighted by molar-refractivity contribution is 6.01. The van der Waals surface area contributed by atoms with Gasteiger partial charge in [-0.05, 0) is 55.9 Å². The van der Waals surface area contributed by atoms with Crippen molar-refractivity contribution in [1.29, 1.82) is 0 Å². The summed E-state index contributed by atoms with van der Waals surface area (Å²) in [6.45, 7) is 9.60. The molecule has 4 rings (SSSR count). The Morgan fingerprint density at radius 1 is 1.30 bits per heavy atom. The van der Waals surface area contributed by atoms with Crippen LogP contribution in [0.5, 0.6) is 5.75 Å². The number of likely N-dealkylation sites (N-methyl/N-ethyl adjacent to an activating group) is 1. The number of fused-ring (bicyclic) bond motifs is 2. The fourth-order valence-corrected chi connectivity index (χ4v) is 4.34. The third kappa shape index (κ3) is 6.64. The topological polar surface area (TPSA) is 96.0 Å². The van der Waals surface area contributed by atoms with Crippen molar-refractivity contribution >= 4 is 29.1 Å². The maximum atomic E-state index is 14.5. The third-order valence-electron chi connectivity index (χ3n) is 6.26. The molecule has 2 N–H and O–H groups in total. The van der Waals surface area contributed by atoms with Crippen molar-refractivity contribution in [3.63, 3.8) is 0 Å². The van der Waals surface area contributed by atoms with Crippen molar-refractivity contribution in [3.8, 4) is 5.75 Å². The van der Waals surface area contributed by atoms with Crippen LogP contribution in [0.15, 0.2) is 37.0 Å². The van der Waals surface area contributed by atoms with E-state index in [0.717, 1.165) is 5.56 Å². The molecule has 0 saturated heterocycles. The van der Waals surface area contributed by atoms with Crippen LogP contribution in [-0.4, -0.2) is 63.3 Å². The first kappa shape index (κ1) is 28.1. The molecule has 0 aliphatic carbocycles. The van der Waals surface area contributed by atoms with Gasteiger partial charge in [-0.3, -0.25) is 9.59 Å². The normalized spacial score (nSPS) is 14.6. The predicted octanol–water partition coefficient (Wildman–Crippen LogP) is 3.28. The molecule has 9 nitrogen and oxygen atoms in total. The van der Waals surface area contributed by atoms with Gasteiger partial charge in [0.1, 0.15) is 11.6 Å². The number of aromatic nitrogens is 1. The maximum absolute atomic E-state index is 14.5. The zero-order valence-corrected chi connectivity index (χ0v) is 22.0. The number of benzene rings is 1. The Hall–Kier alpha value is -3.50. The highest BCUT2D eigenvalue weighted by atomic mass is 19.1. The average molecular weight is 514 g/mol. The van der Waals surface area contributed by atoms with Gasteiger partial charge in [-0.2, -0.15) is 0 Å². The van der Waals surface area contributed by atoms with E-state index < -0.39 is 0 Å². The molecule has 2 aromatic rings. The maximum Gasteiger partial charge on any atom is 0.263 e. The van der Waals surface area contributed by atoms with Gasteiger partial charge in [0.05, 0.1) is 24.8 Å². The summed E-state index contributed by atoms with van der Waals surface area (Å²) >= 11 is 0. The summed E-state index contributed by atoms with van der Waals surface area (Å²) in [5.74, 6) is 0.980. The van der Waals surface area contributed by atoms with Crippen molar-refractivity contribution in [2.45, 2.75) is 39.2 Å². The Morgan fingerprint density at radius 3 is 2.81 bits per heavy atom. The molecule has 1 atom stereocenters. The van der Waals surface area contributed by atoms with E-state index in [1.54, 1.807) is 43.5 Å². The first-order valence-electron chi connectivity index (χ1n) is 12.5. The first-order chi connectivity index (χ1) is 17.9. The molecule has 2 aliphatic heterocycles. The van der Waals surface area contributed by atoms with Crippen molar-refractivity contribution in [2.75, 3.05) is 55.5 Å². The summed E-state index contributed by atoms with van der Waals surface area (Å²) in [6.07, 6.45) is 3.05. The molecule has 0 bridgehead atoms. The van der Waals surface area contributed by atoms with Crippen LogP contribution in [0.3, 0.4) is 0 Å². The lowest BCUT2D eigenvalue weighted by Crippen LogP contribution is -2.33. The number of hydrogen-bond acceptors (Lipinski definition) is 7. The Labute approximate surface area is 217 Å². The predicted molar refractivity (Wildman–Crippen MR) is 143 cm³/mol. The van der Waals surface area contributed by atoms with E-state index in [-0.39, 0.29) is 30.3 Å². The van der Waals surface area contributed by atoms with Crippen molar-refractivity contribution in [2.24, 2.45) is 0 Å². The minimum absolute atomic E-state index is 0.0159. The molecule has 3 heterocycles. The number of carbonyl (C=O) groups is 2. The number of nitrogens with one attached hydrogen (secondary N) is 2. The lowest BCUT2D eigenvalue weighted by Gasteiger charge is -2.26. The lowest BCUT2D eigenvalue weighted by atomic mass is 10.0. The Balaban J connectivity index is 0.00000186. The number of carbonyl (C=O) groups excluding carboxylic acids is 2. The van der Waals surface area contributed by atoms with Crippen LogP contribution in [0.2, 0.25) is 0 Å². The molecule has 2 amide bonds. The van der Waals surface area contributed by atoms with Crippen molar-refractivity contribution in [3.05, 3.63) is 54.0 Å². The third-order valence-corrected chi connectivity index (χ3v) is 6.26. The monoisotopic (exact) mass is 513 g/mol. The van der Waals surface area contributed by atoms with E-state index in [1.807, 2.05) is 18.7 Å². The zero-order valence-electron chi connectivity index (χ0n) is 22.0. The van der Waals surface area contributed by atoms with E-state index in [1.165, 1.54) is 6.07 Å². The summed E-state index contributed by atoms with van der Waals surface area (Å²) in [5, 5.41) is 6.05. The molecule has 2 aliphatic rings. The van der Waals surface area contributed by atoms with Gasteiger partial charge in [0, 0.05) is 19.7 Å². The number of rotatable bonds is 11. The zero-order chi connectivity index (χ0) is 26.9. The Bertz CT molecular complexity index is 1130. The largest absolute Gasteiger partial charge is 0.480 e. The summed E-state index contributed by atoms with van der Waals surface area (Å²) in [5.41, 5.74) is 2.14. The summed E-state index contributed by atoms with van der Waals surface area (Å²) in [7, 11) is 3.34. The molecular weight excluding hydrogens is 477 g/mol. The molecule has 10 heteroatoms. The van der Waals surface area contributed by atoms with Gasteiger partial charge in [-0.25, -0.2) is 9.37 Å². The SMILES string of the molecule is C=CN(CC(CCNCCc1c(F)ccc2c1N(C)C(=O)C2)OC)c1ccc2c(n1)NC(=O)CO2.CC. The molecule has 200 valence electrons. The number of nitrogens with zero attached hydrogens (tertiary/aromatic N) is 3. The van der Waals surface area contributed by atoms with Gasteiger partial charge in [-0.1, -0.05) is 26.5 Å². The molecule has 0 radical (unpaired) electrons. The van der Waals surface area contributed by atoms with Crippen molar-refractivity contribution < 1.29 is 23.5 Å². The molecule has 1 aromatic heterocycles. The Morgan fingerprint density at radius 2 is 2.08 bits per heavy atom. The lowest BCUT2D eigenvalue weighted by molar-refractivity contribution is -0.119. The second kappa shape index (κ2) is 13.2. The standard InChI is InChI=1S/C25H30FN5O4.C2H6/c1-4-31(21-8-7-20-25(28-21)29-22(32)15-35-20)14-17(34-3)9-11-27-12-10-18-19(26)6-5-16-13-23(33)30(2)24(16)18;1-2/h4-8,17,27H,1,9-15H2,2-3H3,(H,28,29,32);1-2H3. The fraction of sp³-hybridized carbons (Fsp3) is 0.444. The first-order valence-corrected chi connectivity index (χ1v) is 12.5. The number of pyridine rings is 1. The average Bonchev–Trinajstić information content (AvgIpc) is 3.20. The minimum Gasteiger partial charge on any atom is -0.480 e. The summed E-state index contributed by atoms with van der Waals surface area (Å²) in [6, 6.07) is 6.70. The van der Waals surface area contributed by atoms with Crippen LogP contribution in [0, 0.1) is 5.82 Å². The molecule has 1 unspecified atom stereocenters. The molecule has 0 spiro atoms. The highest BCUT2D eigenvalue weighted by Gasteiger charge is 2.28.